The first kappa shape index (κ1) is 12.5. The van der Waals surface area contributed by atoms with Crippen LogP contribution in [0.5, 0.6) is 0 Å². The van der Waals surface area contributed by atoms with Gasteiger partial charge in [-0.2, -0.15) is 0 Å². The minimum atomic E-state index is 0.530. The van der Waals surface area contributed by atoms with Crippen molar-refractivity contribution >= 4 is 11.0 Å². The quantitative estimate of drug-likeness (QED) is 0.534. The largest absolute Gasteiger partial charge is 0.456 e. The molecular weight excluding hydrogens is 250 g/mol. The van der Waals surface area contributed by atoms with Crippen LogP contribution < -0.4 is 5.36 Å². The van der Waals surface area contributed by atoms with Gasteiger partial charge in [0.15, 0.2) is 0 Å². The van der Waals surface area contributed by atoms with Crippen LogP contribution in [0.3, 0.4) is 0 Å². The van der Waals surface area contributed by atoms with Crippen LogP contribution in [-0.2, 0) is 0 Å². The van der Waals surface area contributed by atoms with Gasteiger partial charge >= 0.3 is 0 Å². The predicted octanol–water partition coefficient (Wildman–Crippen LogP) is 4.01. The van der Waals surface area contributed by atoms with Gasteiger partial charge in [0.25, 0.3) is 0 Å². The van der Waals surface area contributed by atoms with E-state index in [0.717, 1.165) is 27.7 Å². The normalized spacial score (nSPS) is 12.0. The number of nitrogens with zero attached hydrogens (tertiary/aromatic N) is 1. The Morgan fingerprint density at radius 3 is 2.45 bits per heavy atom. The summed E-state index contributed by atoms with van der Waals surface area (Å²) in [5, 5.41) is 14.1. The Balaban J connectivity index is 2.39. The second kappa shape index (κ2) is 4.85. The van der Waals surface area contributed by atoms with Crippen LogP contribution in [0.1, 0.15) is 11.1 Å². The maximum absolute atomic E-state index is 9.28. The van der Waals surface area contributed by atoms with Crippen molar-refractivity contribution in [2.45, 2.75) is 13.8 Å². The van der Waals surface area contributed by atoms with Gasteiger partial charge < -0.3 is 9.62 Å². The van der Waals surface area contributed by atoms with Gasteiger partial charge in [0.2, 0.25) is 0 Å². The van der Waals surface area contributed by atoms with Crippen molar-refractivity contribution in [3.05, 3.63) is 65.0 Å². The summed E-state index contributed by atoms with van der Waals surface area (Å²) in [7, 11) is 0. The molecule has 0 radical (unpaired) electrons. The zero-order chi connectivity index (χ0) is 14.1. The topological polar surface area (TPSA) is 45.7 Å². The molecule has 0 aliphatic rings. The van der Waals surface area contributed by atoms with Crippen molar-refractivity contribution < 1.29 is 9.62 Å². The SMILES string of the molecule is Cc1cc(C)c2c(=NO)cc(-c3ccccc3)oc2c1. The summed E-state index contributed by atoms with van der Waals surface area (Å²) in [5.74, 6) is 0.691. The van der Waals surface area contributed by atoms with Crippen LogP contribution in [0.15, 0.2) is 58.1 Å². The number of rotatable bonds is 1. The number of aryl methyl sites for hydroxylation is 2. The highest BCUT2D eigenvalue weighted by atomic mass is 16.4. The lowest BCUT2D eigenvalue weighted by Gasteiger charge is -2.07. The molecule has 20 heavy (non-hydrogen) atoms. The van der Waals surface area contributed by atoms with E-state index in [-0.39, 0.29) is 0 Å². The monoisotopic (exact) mass is 265 g/mol. The fourth-order valence-electron chi connectivity index (χ4n) is 2.51. The smallest absolute Gasteiger partial charge is 0.137 e. The average molecular weight is 265 g/mol. The third-order valence-corrected chi connectivity index (χ3v) is 3.35. The first-order chi connectivity index (χ1) is 9.69. The van der Waals surface area contributed by atoms with E-state index in [9.17, 15) is 5.21 Å². The Morgan fingerprint density at radius 2 is 1.75 bits per heavy atom. The predicted molar refractivity (Wildman–Crippen MR) is 78.5 cm³/mol. The van der Waals surface area contributed by atoms with E-state index < -0.39 is 0 Å². The fourth-order valence-corrected chi connectivity index (χ4v) is 2.51. The molecule has 0 amide bonds. The first-order valence-corrected chi connectivity index (χ1v) is 6.47. The Hall–Kier alpha value is -2.55. The number of fused-ring (bicyclic) bond motifs is 1. The highest BCUT2D eigenvalue weighted by Gasteiger charge is 2.08. The molecule has 0 bridgehead atoms. The second-order valence-electron chi connectivity index (χ2n) is 4.92. The van der Waals surface area contributed by atoms with Gasteiger partial charge in [-0.15, -0.1) is 0 Å². The molecule has 3 aromatic rings. The van der Waals surface area contributed by atoms with Crippen LogP contribution in [0.2, 0.25) is 0 Å². The molecule has 0 saturated heterocycles. The third kappa shape index (κ3) is 2.07. The van der Waals surface area contributed by atoms with E-state index in [2.05, 4.69) is 11.2 Å². The molecule has 0 aliphatic heterocycles. The molecule has 0 saturated carbocycles. The van der Waals surface area contributed by atoms with Crippen molar-refractivity contribution in [3.63, 3.8) is 0 Å². The molecule has 0 atom stereocenters. The lowest BCUT2D eigenvalue weighted by atomic mass is 10.1. The molecule has 3 rings (SSSR count). The lowest BCUT2D eigenvalue weighted by Crippen LogP contribution is -2.05. The van der Waals surface area contributed by atoms with Gasteiger partial charge in [-0.05, 0) is 31.0 Å². The minimum absolute atomic E-state index is 0.530. The number of hydrogen-bond donors (Lipinski definition) is 1. The highest BCUT2D eigenvalue weighted by molar-refractivity contribution is 5.82. The van der Waals surface area contributed by atoms with Crippen molar-refractivity contribution in [3.8, 4) is 11.3 Å². The van der Waals surface area contributed by atoms with Crippen molar-refractivity contribution in [1.29, 1.82) is 0 Å². The molecule has 0 spiro atoms. The number of benzene rings is 2. The Labute approximate surface area is 116 Å². The van der Waals surface area contributed by atoms with Crippen LogP contribution in [0, 0.1) is 13.8 Å². The maximum Gasteiger partial charge on any atom is 0.137 e. The van der Waals surface area contributed by atoms with E-state index in [0.29, 0.717) is 11.1 Å². The second-order valence-corrected chi connectivity index (χ2v) is 4.92. The van der Waals surface area contributed by atoms with Gasteiger partial charge in [-0.1, -0.05) is 41.6 Å². The summed E-state index contributed by atoms with van der Waals surface area (Å²) in [6.45, 7) is 4.01. The summed E-state index contributed by atoms with van der Waals surface area (Å²) >= 11 is 0. The molecule has 1 aromatic heterocycles. The van der Waals surface area contributed by atoms with Gasteiger partial charge in [0.1, 0.15) is 16.7 Å². The van der Waals surface area contributed by atoms with E-state index in [1.807, 2.05) is 50.2 Å². The summed E-state index contributed by atoms with van der Waals surface area (Å²) in [4.78, 5) is 0. The Bertz CT molecular complexity index is 833. The van der Waals surface area contributed by atoms with E-state index in [1.54, 1.807) is 6.07 Å². The molecule has 2 aromatic carbocycles. The van der Waals surface area contributed by atoms with E-state index in [4.69, 9.17) is 4.42 Å². The summed E-state index contributed by atoms with van der Waals surface area (Å²) in [6.07, 6.45) is 0. The van der Waals surface area contributed by atoms with E-state index in [1.165, 1.54) is 0 Å². The van der Waals surface area contributed by atoms with Crippen LogP contribution in [0.25, 0.3) is 22.3 Å². The molecule has 3 heteroatoms. The summed E-state index contributed by atoms with van der Waals surface area (Å²) < 4.78 is 5.98. The van der Waals surface area contributed by atoms with E-state index >= 15 is 0 Å². The average Bonchev–Trinajstić information content (AvgIpc) is 2.46. The zero-order valence-corrected chi connectivity index (χ0v) is 11.4. The number of hydrogen-bond acceptors (Lipinski definition) is 3. The fraction of sp³-hybridized carbons (Fsp3) is 0.118. The molecular formula is C17H15NO2. The van der Waals surface area contributed by atoms with Gasteiger partial charge in [-0.3, -0.25) is 0 Å². The van der Waals surface area contributed by atoms with Crippen molar-refractivity contribution in [2.24, 2.45) is 5.16 Å². The van der Waals surface area contributed by atoms with Crippen molar-refractivity contribution in [1.82, 2.24) is 0 Å². The molecule has 0 fully saturated rings. The van der Waals surface area contributed by atoms with Gasteiger partial charge in [0.05, 0.1) is 0 Å². The molecule has 1 heterocycles. The Kier molecular flexibility index (Phi) is 3.03. The molecule has 1 N–H and O–H groups in total. The van der Waals surface area contributed by atoms with Gasteiger partial charge in [0, 0.05) is 17.0 Å². The molecule has 3 nitrogen and oxygen atoms in total. The minimum Gasteiger partial charge on any atom is -0.456 e. The zero-order valence-electron chi connectivity index (χ0n) is 11.4. The van der Waals surface area contributed by atoms with Crippen molar-refractivity contribution in [2.75, 3.05) is 0 Å². The summed E-state index contributed by atoms with van der Waals surface area (Å²) in [6, 6.07) is 15.6. The highest BCUT2D eigenvalue weighted by Crippen LogP contribution is 2.24. The summed E-state index contributed by atoms with van der Waals surface area (Å²) in [5.41, 5.74) is 3.85. The molecule has 0 unspecified atom stereocenters. The molecule has 0 aliphatic carbocycles. The third-order valence-electron chi connectivity index (χ3n) is 3.35. The maximum atomic E-state index is 9.28. The van der Waals surface area contributed by atoms with Crippen LogP contribution in [-0.4, -0.2) is 5.21 Å². The standard InChI is InChI=1S/C17H15NO2/c1-11-8-12(2)17-14(18-19)10-15(20-16(17)9-11)13-6-4-3-5-7-13/h3-10,19H,1-2H3. The van der Waals surface area contributed by atoms with Gasteiger partial charge in [-0.25, -0.2) is 0 Å². The Morgan fingerprint density at radius 1 is 1.00 bits per heavy atom. The first-order valence-electron chi connectivity index (χ1n) is 6.47. The lowest BCUT2D eigenvalue weighted by molar-refractivity contribution is 0.302. The van der Waals surface area contributed by atoms with Crippen LogP contribution >= 0.6 is 0 Å². The van der Waals surface area contributed by atoms with Crippen LogP contribution in [0.4, 0.5) is 0 Å². The molecule has 100 valence electrons.